The molecule has 1 unspecified atom stereocenters. The second-order valence-electron chi connectivity index (χ2n) is 10.6. The van der Waals surface area contributed by atoms with E-state index in [0.717, 1.165) is 89.6 Å². The molecule has 0 amide bonds. The highest BCUT2D eigenvalue weighted by molar-refractivity contribution is 5.56. The summed E-state index contributed by atoms with van der Waals surface area (Å²) >= 11 is 0. The van der Waals surface area contributed by atoms with Crippen LogP contribution in [-0.4, -0.2) is 57.0 Å². The molecule has 1 saturated carbocycles. The molecule has 2 aliphatic heterocycles. The monoisotopic (exact) mass is 462 g/mol. The summed E-state index contributed by atoms with van der Waals surface area (Å²) in [5.41, 5.74) is 2.41. The van der Waals surface area contributed by atoms with Crippen LogP contribution in [0.15, 0.2) is 18.2 Å². The third-order valence-corrected chi connectivity index (χ3v) is 8.36. The zero-order valence-corrected chi connectivity index (χ0v) is 20.6. The van der Waals surface area contributed by atoms with Gasteiger partial charge in [-0.1, -0.05) is 13.0 Å². The number of fused-ring (bicyclic) bond motifs is 1. The maximum atomic E-state index is 14.3. The molecule has 4 rings (SSSR count). The van der Waals surface area contributed by atoms with Gasteiger partial charge in [-0.2, -0.15) is 0 Å². The maximum absolute atomic E-state index is 14.3. The number of alkyl halides is 1. The predicted octanol–water partition coefficient (Wildman–Crippen LogP) is 6.57. The molecule has 0 radical (unpaired) electrons. The summed E-state index contributed by atoms with van der Waals surface area (Å²) in [4.78, 5) is 5.02. The van der Waals surface area contributed by atoms with Gasteiger partial charge in [-0.25, -0.2) is 8.78 Å². The van der Waals surface area contributed by atoms with Crippen molar-refractivity contribution in [2.75, 3.05) is 50.8 Å². The Labute approximate surface area is 199 Å². The van der Waals surface area contributed by atoms with Gasteiger partial charge in [0.2, 0.25) is 0 Å². The molecule has 1 aromatic carbocycles. The Bertz CT molecular complexity index is 714. The van der Waals surface area contributed by atoms with Gasteiger partial charge >= 0.3 is 0 Å². The molecule has 1 aromatic rings. The summed E-state index contributed by atoms with van der Waals surface area (Å²) in [6, 6.07) is 5.42. The van der Waals surface area contributed by atoms with Crippen molar-refractivity contribution in [2.24, 2.45) is 11.8 Å². The van der Waals surface area contributed by atoms with E-state index in [-0.39, 0.29) is 5.82 Å². The molecule has 5 heteroatoms. The van der Waals surface area contributed by atoms with E-state index in [9.17, 15) is 8.78 Å². The summed E-state index contributed by atoms with van der Waals surface area (Å²) < 4.78 is 33.7. The van der Waals surface area contributed by atoms with Gasteiger partial charge in [0.25, 0.3) is 0 Å². The van der Waals surface area contributed by atoms with Crippen LogP contribution in [-0.2, 0) is 4.74 Å². The number of ether oxygens (including phenoxy) is 1. The Kier molecular flexibility index (Phi) is 9.43. The SMILES string of the molecule is CCCOCCC1CCN(CCN2CCCC(C3CCC(F)CC3)c3ccc(F)cc32)CC1. The molecule has 186 valence electrons. The number of likely N-dealkylation sites (tertiary alicyclic amines) is 1. The van der Waals surface area contributed by atoms with Crippen molar-refractivity contribution in [3.63, 3.8) is 0 Å². The van der Waals surface area contributed by atoms with Crippen LogP contribution in [0, 0.1) is 17.7 Å². The van der Waals surface area contributed by atoms with E-state index in [1.165, 1.54) is 24.8 Å². The smallest absolute Gasteiger partial charge is 0.125 e. The van der Waals surface area contributed by atoms with Crippen molar-refractivity contribution in [1.82, 2.24) is 4.90 Å². The van der Waals surface area contributed by atoms with Crippen LogP contribution in [0.1, 0.15) is 82.6 Å². The Morgan fingerprint density at radius 3 is 2.48 bits per heavy atom. The van der Waals surface area contributed by atoms with E-state index in [4.69, 9.17) is 4.74 Å². The van der Waals surface area contributed by atoms with Crippen LogP contribution in [0.2, 0.25) is 0 Å². The zero-order chi connectivity index (χ0) is 23.0. The molecular formula is C28H44F2N2O. The molecule has 33 heavy (non-hydrogen) atoms. The molecule has 3 nitrogen and oxygen atoms in total. The lowest BCUT2D eigenvalue weighted by Crippen LogP contribution is -2.40. The van der Waals surface area contributed by atoms with Crippen molar-refractivity contribution in [1.29, 1.82) is 0 Å². The fourth-order valence-corrected chi connectivity index (χ4v) is 6.34. The summed E-state index contributed by atoms with van der Waals surface area (Å²) in [6.45, 7) is 9.28. The molecule has 3 aliphatic rings. The number of benzene rings is 1. The fraction of sp³-hybridized carbons (Fsp3) is 0.786. The summed E-state index contributed by atoms with van der Waals surface area (Å²) in [5.74, 6) is 1.65. The summed E-state index contributed by atoms with van der Waals surface area (Å²) in [5, 5.41) is 0. The van der Waals surface area contributed by atoms with Crippen LogP contribution in [0.5, 0.6) is 0 Å². The topological polar surface area (TPSA) is 15.7 Å². The summed E-state index contributed by atoms with van der Waals surface area (Å²) in [6.07, 6.45) is 9.81. The van der Waals surface area contributed by atoms with Gasteiger partial charge in [-0.3, -0.25) is 0 Å². The highest BCUT2D eigenvalue weighted by Crippen LogP contribution is 2.44. The highest BCUT2D eigenvalue weighted by atomic mass is 19.1. The van der Waals surface area contributed by atoms with Crippen molar-refractivity contribution in [2.45, 2.75) is 83.2 Å². The van der Waals surface area contributed by atoms with Gasteiger partial charge in [0.1, 0.15) is 12.0 Å². The average molecular weight is 463 g/mol. The molecule has 2 fully saturated rings. The second kappa shape index (κ2) is 12.5. The van der Waals surface area contributed by atoms with E-state index in [0.29, 0.717) is 24.7 Å². The second-order valence-corrected chi connectivity index (χ2v) is 10.6. The third kappa shape index (κ3) is 6.91. The molecule has 1 atom stereocenters. The van der Waals surface area contributed by atoms with E-state index in [1.807, 2.05) is 6.07 Å². The van der Waals surface area contributed by atoms with Crippen LogP contribution in [0.4, 0.5) is 14.5 Å². The lowest BCUT2D eigenvalue weighted by atomic mass is 9.74. The quantitative estimate of drug-likeness (QED) is 0.386. The van der Waals surface area contributed by atoms with Crippen molar-refractivity contribution in [3.8, 4) is 0 Å². The highest BCUT2D eigenvalue weighted by Gasteiger charge is 2.32. The van der Waals surface area contributed by atoms with Crippen LogP contribution in [0.3, 0.4) is 0 Å². The van der Waals surface area contributed by atoms with Gasteiger partial charge in [0.15, 0.2) is 0 Å². The van der Waals surface area contributed by atoms with Gasteiger partial charge < -0.3 is 14.5 Å². The molecular weight excluding hydrogens is 418 g/mol. The van der Waals surface area contributed by atoms with Crippen LogP contribution in [0.25, 0.3) is 0 Å². The van der Waals surface area contributed by atoms with Gasteiger partial charge in [0, 0.05) is 38.5 Å². The lowest BCUT2D eigenvalue weighted by molar-refractivity contribution is 0.102. The number of nitrogens with zero attached hydrogens (tertiary/aromatic N) is 2. The number of piperidine rings is 1. The molecule has 2 heterocycles. The van der Waals surface area contributed by atoms with Crippen molar-refractivity contribution in [3.05, 3.63) is 29.6 Å². The van der Waals surface area contributed by atoms with Gasteiger partial charge in [-0.05, 0) is 113 Å². The maximum Gasteiger partial charge on any atom is 0.125 e. The van der Waals surface area contributed by atoms with Crippen molar-refractivity contribution < 1.29 is 13.5 Å². The molecule has 0 bridgehead atoms. The van der Waals surface area contributed by atoms with Gasteiger partial charge in [0.05, 0.1) is 0 Å². The predicted molar refractivity (Wildman–Crippen MR) is 132 cm³/mol. The Morgan fingerprint density at radius 2 is 1.73 bits per heavy atom. The fourth-order valence-electron chi connectivity index (χ4n) is 6.34. The average Bonchev–Trinajstić information content (AvgIpc) is 3.01. The van der Waals surface area contributed by atoms with E-state index in [2.05, 4.69) is 16.7 Å². The Balaban J connectivity index is 1.32. The minimum Gasteiger partial charge on any atom is -0.381 e. The molecule has 0 spiro atoms. The first-order valence-corrected chi connectivity index (χ1v) is 13.6. The first-order valence-electron chi connectivity index (χ1n) is 13.6. The molecule has 0 aromatic heterocycles. The van der Waals surface area contributed by atoms with Gasteiger partial charge in [-0.15, -0.1) is 0 Å². The Hall–Kier alpha value is -1.20. The van der Waals surface area contributed by atoms with Crippen LogP contribution < -0.4 is 4.90 Å². The Morgan fingerprint density at radius 1 is 0.939 bits per heavy atom. The third-order valence-electron chi connectivity index (χ3n) is 8.36. The number of hydrogen-bond donors (Lipinski definition) is 0. The number of rotatable bonds is 9. The first-order chi connectivity index (χ1) is 16.1. The standard InChI is InChI=1S/C28H44F2N2O/c1-2-19-33-20-13-22-11-15-31(16-12-22)17-18-32-14-3-4-26(23-5-7-24(29)8-6-23)27-10-9-25(30)21-28(27)32/h9-10,21-24,26H,2-8,11-20H2,1H3. The van der Waals surface area contributed by atoms with E-state index >= 15 is 0 Å². The minimum atomic E-state index is -0.621. The number of anilines is 1. The summed E-state index contributed by atoms with van der Waals surface area (Å²) in [7, 11) is 0. The van der Waals surface area contributed by atoms with Crippen molar-refractivity contribution >= 4 is 5.69 Å². The number of halogens is 2. The lowest BCUT2D eigenvalue weighted by Gasteiger charge is -2.35. The first kappa shape index (κ1) is 24.9. The largest absolute Gasteiger partial charge is 0.381 e. The molecule has 0 N–H and O–H groups in total. The minimum absolute atomic E-state index is 0.141. The number of hydrogen-bond acceptors (Lipinski definition) is 3. The molecule has 1 aliphatic carbocycles. The normalized spacial score (nSPS) is 27.4. The van der Waals surface area contributed by atoms with E-state index < -0.39 is 6.17 Å². The molecule has 1 saturated heterocycles. The zero-order valence-electron chi connectivity index (χ0n) is 20.6. The van der Waals surface area contributed by atoms with E-state index in [1.54, 1.807) is 12.1 Å². The van der Waals surface area contributed by atoms with Crippen LogP contribution >= 0.6 is 0 Å².